The maximum absolute atomic E-state index is 13.3. The normalized spacial score (nSPS) is 14.0. The number of carbonyl (C=O) groups is 2. The minimum absolute atomic E-state index is 0.231. The SMILES string of the molecule is C=CCSc1n[n+]2c(c(=O)[nH]1)-c1ccccc1N(C(C)=O)[C@@H]2c1ccc(OC(C)=O)c(OCC)c1. The molecule has 1 aromatic heterocycles. The van der Waals surface area contributed by atoms with E-state index in [1.165, 1.54) is 25.6 Å². The number of esters is 1. The Balaban J connectivity index is 1.99. The molecule has 9 nitrogen and oxygen atoms in total. The van der Waals surface area contributed by atoms with Crippen LogP contribution in [0.15, 0.2) is 65.1 Å². The van der Waals surface area contributed by atoms with Crippen LogP contribution in [-0.2, 0) is 9.59 Å². The lowest BCUT2D eigenvalue weighted by Gasteiger charge is -2.31. The van der Waals surface area contributed by atoms with Gasteiger partial charge in [-0.3, -0.25) is 19.4 Å². The lowest BCUT2D eigenvalue weighted by atomic mass is 10.0. The second-order valence-electron chi connectivity index (χ2n) is 7.66. The largest absolute Gasteiger partial charge is 0.490 e. The van der Waals surface area contributed by atoms with Crippen molar-refractivity contribution < 1.29 is 23.7 Å². The Kier molecular flexibility index (Phi) is 7.02. The fourth-order valence-electron chi connectivity index (χ4n) is 4.01. The maximum atomic E-state index is 13.3. The van der Waals surface area contributed by atoms with Crippen LogP contribution in [0.4, 0.5) is 5.69 Å². The molecule has 0 saturated heterocycles. The molecule has 0 bridgehead atoms. The van der Waals surface area contributed by atoms with E-state index in [0.717, 1.165) is 0 Å². The smallest absolute Gasteiger partial charge is 0.325 e. The zero-order chi connectivity index (χ0) is 25.1. The van der Waals surface area contributed by atoms with Crippen LogP contribution in [0.1, 0.15) is 32.5 Å². The van der Waals surface area contributed by atoms with Gasteiger partial charge in [0.25, 0.3) is 6.17 Å². The highest BCUT2D eigenvalue weighted by atomic mass is 32.2. The highest BCUT2D eigenvalue weighted by molar-refractivity contribution is 7.99. The van der Waals surface area contributed by atoms with E-state index in [0.29, 0.717) is 45.8 Å². The zero-order valence-corrected chi connectivity index (χ0v) is 20.4. The summed E-state index contributed by atoms with van der Waals surface area (Å²) in [6.07, 6.45) is 0.930. The van der Waals surface area contributed by atoms with Gasteiger partial charge in [0.2, 0.25) is 11.1 Å². The van der Waals surface area contributed by atoms with Crippen molar-refractivity contribution in [3.63, 3.8) is 0 Å². The number of rotatable bonds is 7. The summed E-state index contributed by atoms with van der Waals surface area (Å²) in [6, 6.07) is 12.2. The number of ether oxygens (including phenoxy) is 2. The van der Waals surface area contributed by atoms with E-state index in [1.54, 1.807) is 46.0 Å². The Morgan fingerprint density at radius 2 is 2.00 bits per heavy atom. The van der Waals surface area contributed by atoms with Crippen molar-refractivity contribution >= 4 is 29.3 Å². The molecule has 180 valence electrons. The molecule has 1 N–H and O–H groups in total. The summed E-state index contributed by atoms with van der Waals surface area (Å²) in [5, 5.41) is 5.10. The highest BCUT2D eigenvalue weighted by Crippen LogP contribution is 2.39. The van der Waals surface area contributed by atoms with Crippen molar-refractivity contribution in [1.82, 2.24) is 10.1 Å². The predicted octanol–water partition coefficient (Wildman–Crippen LogP) is 3.24. The van der Waals surface area contributed by atoms with Crippen molar-refractivity contribution in [2.75, 3.05) is 17.3 Å². The number of amides is 1. The van der Waals surface area contributed by atoms with Crippen LogP contribution in [0.3, 0.4) is 0 Å². The van der Waals surface area contributed by atoms with Gasteiger partial charge in [-0.2, -0.15) is 0 Å². The number of carbonyl (C=O) groups excluding carboxylic acids is 2. The first-order chi connectivity index (χ1) is 16.8. The van der Waals surface area contributed by atoms with Crippen LogP contribution >= 0.6 is 11.8 Å². The first kappa shape index (κ1) is 24.2. The van der Waals surface area contributed by atoms with E-state index in [9.17, 15) is 14.4 Å². The lowest BCUT2D eigenvalue weighted by Crippen LogP contribution is -2.60. The number of thioether (sulfide) groups is 1. The summed E-state index contributed by atoms with van der Waals surface area (Å²) in [5.74, 6) is 0.444. The molecule has 1 atom stereocenters. The van der Waals surface area contributed by atoms with E-state index in [2.05, 4.69) is 11.6 Å². The number of aromatic nitrogens is 3. The fraction of sp³-hybridized carbons (Fsp3) is 0.240. The summed E-state index contributed by atoms with van der Waals surface area (Å²) in [6.45, 7) is 8.65. The standard InChI is InChI=1S/C25H24N4O5S/c1-5-13-35-25-26-23(32)22-18-9-7-8-10-19(18)28(15(3)30)24(29(22)27-25)17-11-12-20(34-16(4)31)21(14-17)33-6-2/h5,7-12,14,24H,1,6,13H2,2-4H3/p+1/t24-/m0/s1. The number of fused-ring (bicyclic) bond motifs is 3. The third-order valence-electron chi connectivity index (χ3n) is 5.25. The van der Waals surface area contributed by atoms with Crippen molar-refractivity contribution in [3.05, 3.63) is 71.0 Å². The van der Waals surface area contributed by atoms with Gasteiger partial charge in [0, 0.05) is 30.3 Å². The van der Waals surface area contributed by atoms with Crippen LogP contribution in [-0.4, -0.2) is 34.3 Å². The van der Waals surface area contributed by atoms with Gasteiger partial charge < -0.3 is 9.47 Å². The minimum Gasteiger partial charge on any atom is -0.490 e. The van der Waals surface area contributed by atoms with Crippen LogP contribution < -0.4 is 24.6 Å². The molecule has 1 aliphatic heterocycles. The Hall–Kier alpha value is -3.92. The van der Waals surface area contributed by atoms with Gasteiger partial charge in [0.1, 0.15) is 0 Å². The second-order valence-corrected chi connectivity index (χ2v) is 8.67. The van der Waals surface area contributed by atoms with Gasteiger partial charge in [-0.1, -0.05) is 30.0 Å². The molecule has 35 heavy (non-hydrogen) atoms. The quantitative estimate of drug-likeness (QED) is 0.177. The number of nitrogens with zero attached hydrogens (tertiary/aromatic N) is 3. The summed E-state index contributed by atoms with van der Waals surface area (Å²) in [7, 11) is 0. The third kappa shape index (κ3) is 4.69. The molecule has 0 aliphatic carbocycles. The number of hydrogen-bond acceptors (Lipinski definition) is 7. The van der Waals surface area contributed by atoms with Crippen LogP contribution in [0.5, 0.6) is 11.5 Å². The van der Waals surface area contributed by atoms with E-state index in [-0.39, 0.29) is 17.2 Å². The average molecular weight is 494 g/mol. The van der Waals surface area contributed by atoms with E-state index >= 15 is 0 Å². The molecule has 3 aromatic rings. The average Bonchev–Trinajstić information content (AvgIpc) is 2.82. The Morgan fingerprint density at radius 1 is 1.23 bits per heavy atom. The number of para-hydroxylation sites is 1. The third-order valence-corrected chi connectivity index (χ3v) is 6.11. The second kappa shape index (κ2) is 10.1. The van der Waals surface area contributed by atoms with Gasteiger partial charge in [-0.25, -0.2) is 4.90 Å². The van der Waals surface area contributed by atoms with E-state index in [1.807, 2.05) is 19.1 Å². The Bertz CT molecular complexity index is 1370. The summed E-state index contributed by atoms with van der Waals surface area (Å²) < 4.78 is 12.6. The monoisotopic (exact) mass is 493 g/mol. The summed E-state index contributed by atoms with van der Waals surface area (Å²) in [5.41, 5.74) is 1.81. The van der Waals surface area contributed by atoms with Crippen molar-refractivity contribution in [1.29, 1.82) is 0 Å². The van der Waals surface area contributed by atoms with Crippen molar-refractivity contribution in [2.45, 2.75) is 32.1 Å². The highest BCUT2D eigenvalue weighted by Gasteiger charge is 2.45. The first-order valence-electron chi connectivity index (χ1n) is 11.0. The summed E-state index contributed by atoms with van der Waals surface area (Å²) >= 11 is 1.32. The molecule has 1 amide bonds. The number of anilines is 1. The number of H-pyrrole nitrogens is 1. The van der Waals surface area contributed by atoms with Gasteiger partial charge in [0.05, 0.1) is 17.9 Å². The van der Waals surface area contributed by atoms with Crippen LogP contribution in [0, 0.1) is 0 Å². The van der Waals surface area contributed by atoms with Gasteiger partial charge in [-0.15, -0.1) is 6.58 Å². The Morgan fingerprint density at radius 3 is 2.69 bits per heavy atom. The van der Waals surface area contributed by atoms with Crippen molar-refractivity contribution in [3.8, 4) is 22.8 Å². The molecular formula is C25H25N4O5S+. The van der Waals surface area contributed by atoms with Gasteiger partial charge in [0.15, 0.2) is 11.5 Å². The molecule has 2 aromatic carbocycles. The number of aromatic amines is 1. The molecule has 0 saturated carbocycles. The van der Waals surface area contributed by atoms with E-state index in [4.69, 9.17) is 14.6 Å². The predicted molar refractivity (Wildman–Crippen MR) is 132 cm³/mol. The van der Waals surface area contributed by atoms with Gasteiger partial charge in [-0.05, 0) is 41.9 Å². The number of hydrogen-bond donors (Lipinski definition) is 1. The summed E-state index contributed by atoms with van der Waals surface area (Å²) in [4.78, 5) is 42.3. The molecule has 0 fully saturated rings. The Labute approximate surface area is 206 Å². The molecule has 0 spiro atoms. The molecule has 1 aliphatic rings. The van der Waals surface area contributed by atoms with Crippen LogP contribution in [0.25, 0.3) is 11.3 Å². The number of nitrogens with one attached hydrogen (secondary N) is 1. The topological polar surface area (TPSA) is 105 Å². The number of benzene rings is 2. The zero-order valence-electron chi connectivity index (χ0n) is 19.6. The minimum atomic E-state index is -0.784. The van der Waals surface area contributed by atoms with Gasteiger partial charge >= 0.3 is 17.2 Å². The molecule has 0 radical (unpaired) electrons. The first-order valence-corrected chi connectivity index (χ1v) is 12.0. The molecule has 10 heteroatoms. The molecule has 2 heterocycles. The molecular weight excluding hydrogens is 468 g/mol. The fourth-order valence-corrected chi connectivity index (χ4v) is 4.59. The van der Waals surface area contributed by atoms with Crippen molar-refractivity contribution in [2.24, 2.45) is 0 Å². The van der Waals surface area contributed by atoms with Crippen LogP contribution in [0.2, 0.25) is 0 Å². The molecule has 4 rings (SSSR count). The van der Waals surface area contributed by atoms with E-state index < -0.39 is 12.1 Å². The molecule has 0 unspecified atom stereocenters. The lowest BCUT2D eigenvalue weighted by molar-refractivity contribution is -0.763. The maximum Gasteiger partial charge on any atom is 0.325 e.